The number of benzene rings is 1. The third-order valence-electron chi connectivity index (χ3n) is 2.26. The van der Waals surface area contributed by atoms with Gasteiger partial charge >= 0.3 is 0 Å². The highest BCUT2D eigenvalue weighted by atomic mass is 32.2. The standard InChI is InChI=1S/C10H9N3S/c1-2-4-8(5-3-1)13-7-14-9-6-11-12-10(9)13/h1-6H,7H2,(H,11,12). The number of rotatable bonds is 1. The van der Waals surface area contributed by atoms with E-state index in [4.69, 9.17) is 0 Å². The largest absolute Gasteiger partial charge is 0.314 e. The van der Waals surface area contributed by atoms with Gasteiger partial charge in [-0.1, -0.05) is 30.0 Å². The Balaban J connectivity index is 2.03. The van der Waals surface area contributed by atoms with E-state index in [2.05, 4.69) is 27.2 Å². The summed E-state index contributed by atoms with van der Waals surface area (Å²) in [6.45, 7) is 0. The maximum atomic E-state index is 4.23. The van der Waals surface area contributed by atoms with Gasteiger partial charge in [0.15, 0.2) is 5.82 Å². The fourth-order valence-electron chi connectivity index (χ4n) is 1.57. The summed E-state index contributed by atoms with van der Waals surface area (Å²) in [5, 5.41) is 7.12. The first-order valence-corrected chi connectivity index (χ1v) is 5.43. The molecule has 0 radical (unpaired) electrons. The first kappa shape index (κ1) is 7.94. The van der Waals surface area contributed by atoms with Gasteiger partial charge in [-0.3, -0.25) is 5.10 Å². The van der Waals surface area contributed by atoms with Crippen LogP contribution in [0.3, 0.4) is 0 Å². The number of nitrogens with one attached hydrogen (secondary N) is 1. The van der Waals surface area contributed by atoms with Gasteiger partial charge in [0.1, 0.15) is 0 Å². The van der Waals surface area contributed by atoms with Gasteiger partial charge in [-0.2, -0.15) is 5.10 Å². The predicted octanol–water partition coefficient (Wildman–Crippen LogP) is 2.61. The smallest absolute Gasteiger partial charge is 0.169 e. The fraction of sp³-hybridized carbons (Fsp3) is 0.100. The Labute approximate surface area is 86.1 Å². The van der Waals surface area contributed by atoms with E-state index in [1.54, 1.807) is 0 Å². The van der Waals surface area contributed by atoms with Gasteiger partial charge in [0.2, 0.25) is 0 Å². The molecule has 3 nitrogen and oxygen atoms in total. The zero-order chi connectivity index (χ0) is 9.38. The van der Waals surface area contributed by atoms with Crippen molar-refractivity contribution in [3.05, 3.63) is 36.5 Å². The molecule has 0 bridgehead atoms. The van der Waals surface area contributed by atoms with Crippen LogP contribution in [0.2, 0.25) is 0 Å². The van der Waals surface area contributed by atoms with Crippen molar-refractivity contribution in [1.82, 2.24) is 10.2 Å². The highest BCUT2D eigenvalue weighted by molar-refractivity contribution is 7.99. The molecule has 3 rings (SSSR count). The Bertz CT molecular complexity index is 438. The molecule has 0 saturated carbocycles. The molecule has 14 heavy (non-hydrogen) atoms. The molecule has 2 aromatic rings. The molecule has 0 unspecified atom stereocenters. The van der Waals surface area contributed by atoms with Crippen LogP contribution < -0.4 is 4.90 Å². The second-order valence-electron chi connectivity index (χ2n) is 3.11. The van der Waals surface area contributed by atoms with Gasteiger partial charge in [-0.15, -0.1) is 0 Å². The number of hydrogen-bond acceptors (Lipinski definition) is 3. The monoisotopic (exact) mass is 203 g/mol. The molecule has 1 aromatic heterocycles. The van der Waals surface area contributed by atoms with Crippen LogP contribution in [0, 0.1) is 0 Å². The van der Waals surface area contributed by atoms with Gasteiger partial charge in [0.05, 0.1) is 10.8 Å². The Morgan fingerprint density at radius 1 is 1.29 bits per heavy atom. The second-order valence-corrected chi connectivity index (χ2v) is 4.10. The van der Waals surface area contributed by atoms with Crippen molar-refractivity contribution in [2.75, 3.05) is 10.8 Å². The highest BCUT2D eigenvalue weighted by Crippen LogP contribution is 2.40. The van der Waals surface area contributed by atoms with Crippen molar-refractivity contribution >= 4 is 23.3 Å². The van der Waals surface area contributed by atoms with Crippen molar-refractivity contribution in [3.8, 4) is 0 Å². The number of anilines is 2. The molecule has 1 N–H and O–H groups in total. The van der Waals surface area contributed by atoms with E-state index < -0.39 is 0 Å². The van der Waals surface area contributed by atoms with E-state index in [1.807, 2.05) is 36.2 Å². The van der Waals surface area contributed by atoms with Gasteiger partial charge in [-0.25, -0.2) is 0 Å². The average Bonchev–Trinajstić information content (AvgIpc) is 2.79. The molecule has 0 saturated heterocycles. The zero-order valence-corrected chi connectivity index (χ0v) is 8.29. The van der Waals surface area contributed by atoms with Crippen molar-refractivity contribution in [3.63, 3.8) is 0 Å². The number of hydrogen-bond donors (Lipinski definition) is 1. The fourth-order valence-corrected chi connectivity index (χ4v) is 2.53. The number of aromatic nitrogens is 2. The maximum absolute atomic E-state index is 4.23. The third kappa shape index (κ3) is 1.11. The summed E-state index contributed by atoms with van der Waals surface area (Å²) in [4.78, 5) is 3.44. The summed E-state index contributed by atoms with van der Waals surface area (Å²) < 4.78 is 0. The van der Waals surface area contributed by atoms with E-state index in [1.165, 1.54) is 10.6 Å². The molecule has 2 heterocycles. The van der Waals surface area contributed by atoms with Crippen LogP contribution in [0.1, 0.15) is 0 Å². The normalized spacial score (nSPS) is 14.4. The molecule has 4 heteroatoms. The van der Waals surface area contributed by atoms with Gasteiger partial charge in [0, 0.05) is 11.9 Å². The Hall–Kier alpha value is -1.42. The quantitative estimate of drug-likeness (QED) is 0.773. The number of H-pyrrole nitrogens is 1. The Morgan fingerprint density at radius 2 is 2.14 bits per heavy atom. The van der Waals surface area contributed by atoms with Crippen molar-refractivity contribution in [1.29, 1.82) is 0 Å². The molecular weight excluding hydrogens is 194 g/mol. The lowest BCUT2D eigenvalue weighted by Crippen LogP contribution is -2.11. The summed E-state index contributed by atoms with van der Waals surface area (Å²) in [5.41, 5.74) is 1.20. The highest BCUT2D eigenvalue weighted by Gasteiger charge is 2.23. The lowest BCUT2D eigenvalue weighted by Gasteiger charge is -2.15. The molecule has 1 aliphatic heterocycles. The van der Waals surface area contributed by atoms with Gasteiger partial charge in [0.25, 0.3) is 0 Å². The minimum absolute atomic E-state index is 0.955. The minimum atomic E-state index is 0.955. The first-order chi connectivity index (χ1) is 6.95. The van der Waals surface area contributed by atoms with E-state index in [0.717, 1.165) is 11.7 Å². The summed E-state index contributed by atoms with van der Waals surface area (Å²) in [6, 6.07) is 10.3. The second kappa shape index (κ2) is 3.06. The topological polar surface area (TPSA) is 31.9 Å². The summed E-state index contributed by atoms with van der Waals surface area (Å²) in [5.74, 6) is 2.00. The van der Waals surface area contributed by atoms with E-state index in [9.17, 15) is 0 Å². The van der Waals surface area contributed by atoms with Gasteiger partial charge in [-0.05, 0) is 12.1 Å². The number of fused-ring (bicyclic) bond motifs is 1. The lowest BCUT2D eigenvalue weighted by atomic mass is 10.3. The molecule has 0 amide bonds. The Morgan fingerprint density at radius 3 is 3.00 bits per heavy atom. The number of thioether (sulfide) groups is 1. The van der Waals surface area contributed by atoms with Crippen LogP contribution in [0.5, 0.6) is 0 Å². The first-order valence-electron chi connectivity index (χ1n) is 4.44. The van der Waals surface area contributed by atoms with Crippen LogP contribution in [-0.4, -0.2) is 16.1 Å². The van der Waals surface area contributed by atoms with E-state index in [0.29, 0.717) is 0 Å². The summed E-state index contributed by atoms with van der Waals surface area (Å²) >= 11 is 1.81. The van der Waals surface area contributed by atoms with Crippen LogP contribution in [-0.2, 0) is 0 Å². The zero-order valence-electron chi connectivity index (χ0n) is 7.47. The Kier molecular flexibility index (Phi) is 1.73. The molecule has 1 aliphatic rings. The minimum Gasteiger partial charge on any atom is -0.314 e. The molecule has 0 fully saturated rings. The summed E-state index contributed by atoms with van der Waals surface area (Å²) in [6.07, 6.45) is 1.95. The predicted molar refractivity (Wildman–Crippen MR) is 57.9 cm³/mol. The number of nitrogens with zero attached hydrogens (tertiary/aromatic N) is 2. The van der Waals surface area contributed by atoms with E-state index in [-0.39, 0.29) is 0 Å². The lowest BCUT2D eigenvalue weighted by molar-refractivity contribution is 1.03. The number of aromatic amines is 1. The van der Waals surface area contributed by atoms with Crippen molar-refractivity contribution in [2.45, 2.75) is 4.90 Å². The molecule has 0 aliphatic carbocycles. The average molecular weight is 203 g/mol. The SMILES string of the molecule is c1ccc(N2CSc3c[nH]nc32)cc1. The van der Waals surface area contributed by atoms with Crippen LogP contribution >= 0.6 is 11.8 Å². The summed E-state index contributed by atoms with van der Waals surface area (Å²) in [7, 11) is 0. The third-order valence-corrected chi connectivity index (χ3v) is 3.26. The van der Waals surface area contributed by atoms with Crippen molar-refractivity contribution in [2.24, 2.45) is 0 Å². The molecule has 0 atom stereocenters. The van der Waals surface area contributed by atoms with Crippen LogP contribution in [0.15, 0.2) is 41.4 Å². The maximum Gasteiger partial charge on any atom is 0.169 e. The molecular formula is C10H9N3S. The molecule has 70 valence electrons. The molecule has 1 aromatic carbocycles. The van der Waals surface area contributed by atoms with Crippen LogP contribution in [0.25, 0.3) is 0 Å². The van der Waals surface area contributed by atoms with Crippen molar-refractivity contribution < 1.29 is 0 Å². The van der Waals surface area contributed by atoms with E-state index >= 15 is 0 Å². The van der Waals surface area contributed by atoms with Crippen LogP contribution in [0.4, 0.5) is 11.5 Å². The van der Waals surface area contributed by atoms with Gasteiger partial charge < -0.3 is 4.90 Å². The number of para-hydroxylation sites is 1. The molecule has 0 spiro atoms.